The van der Waals surface area contributed by atoms with Crippen molar-refractivity contribution in [2.75, 3.05) is 19.6 Å². The van der Waals surface area contributed by atoms with E-state index in [0.717, 1.165) is 24.8 Å². The summed E-state index contributed by atoms with van der Waals surface area (Å²) in [5.74, 6) is -0.105. The quantitative estimate of drug-likeness (QED) is 0.705. The molecule has 1 aliphatic rings. The molecule has 1 heterocycles. The number of benzene rings is 1. The van der Waals surface area contributed by atoms with Crippen LogP contribution in [0.5, 0.6) is 0 Å². The number of rotatable bonds is 8. The molecule has 134 valence electrons. The zero-order valence-corrected chi connectivity index (χ0v) is 14.7. The Hall–Kier alpha value is -2.39. The zero-order chi connectivity index (χ0) is 18.1. The fourth-order valence-electron chi connectivity index (χ4n) is 3.07. The third kappa shape index (κ3) is 5.57. The summed E-state index contributed by atoms with van der Waals surface area (Å²) < 4.78 is 0. The Morgan fingerprint density at radius 3 is 2.80 bits per heavy atom. The number of amides is 2. The second kappa shape index (κ2) is 9.80. The Balaban J connectivity index is 1.68. The minimum absolute atomic E-state index is 0.0105. The van der Waals surface area contributed by atoms with Crippen LogP contribution in [0.15, 0.2) is 30.3 Å². The maximum absolute atomic E-state index is 12.1. The van der Waals surface area contributed by atoms with Gasteiger partial charge in [-0.25, -0.2) is 0 Å². The Morgan fingerprint density at radius 1 is 1.36 bits per heavy atom. The highest BCUT2D eigenvalue weighted by atomic mass is 16.2. The second-order valence-corrected chi connectivity index (χ2v) is 6.24. The lowest BCUT2D eigenvalue weighted by atomic mass is 10.0. The van der Waals surface area contributed by atoms with Crippen molar-refractivity contribution < 1.29 is 9.59 Å². The average Bonchev–Trinajstić information content (AvgIpc) is 3.12. The first-order chi connectivity index (χ1) is 12.2. The van der Waals surface area contributed by atoms with E-state index in [4.69, 9.17) is 5.26 Å². The fraction of sp³-hybridized carbons (Fsp3) is 0.526. The maximum Gasteiger partial charge on any atom is 0.237 e. The number of hydrogen-bond donors (Lipinski definition) is 2. The van der Waals surface area contributed by atoms with Gasteiger partial charge in [0, 0.05) is 19.5 Å². The smallest absolute Gasteiger partial charge is 0.237 e. The average molecular weight is 342 g/mol. The Kier molecular flexibility index (Phi) is 7.42. The lowest BCUT2D eigenvalue weighted by Crippen LogP contribution is -2.41. The molecule has 2 rings (SSSR count). The van der Waals surface area contributed by atoms with Crippen molar-refractivity contribution in [2.45, 2.75) is 44.7 Å². The predicted molar refractivity (Wildman–Crippen MR) is 95.5 cm³/mol. The summed E-state index contributed by atoms with van der Waals surface area (Å²) in [7, 11) is 0. The third-order valence-corrected chi connectivity index (χ3v) is 4.47. The van der Waals surface area contributed by atoms with Gasteiger partial charge in [0.25, 0.3) is 0 Å². The van der Waals surface area contributed by atoms with Crippen molar-refractivity contribution in [1.29, 1.82) is 5.26 Å². The summed E-state index contributed by atoms with van der Waals surface area (Å²) in [6, 6.07) is 11.8. The van der Waals surface area contributed by atoms with Crippen molar-refractivity contribution >= 4 is 11.8 Å². The second-order valence-electron chi connectivity index (χ2n) is 6.24. The fourth-order valence-corrected chi connectivity index (χ4v) is 3.07. The zero-order valence-electron chi connectivity index (χ0n) is 14.7. The molecule has 0 aliphatic carbocycles. The summed E-state index contributed by atoms with van der Waals surface area (Å²) in [6.07, 6.45) is 2.78. The molecular formula is C19H26N4O2. The molecule has 1 fully saturated rings. The molecule has 6 heteroatoms. The van der Waals surface area contributed by atoms with E-state index >= 15 is 0 Å². The van der Waals surface area contributed by atoms with Gasteiger partial charge in [0.1, 0.15) is 6.04 Å². The number of nitrogens with zero attached hydrogens (tertiary/aromatic N) is 2. The molecular weight excluding hydrogens is 316 g/mol. The molecule has 1 aromatic carbocycles. The summed E-state index contributed by atoms with van der Waals surface area (Å²) in [5, 5.41) is 15.0. The van der Waals surface area contributed by atoms with Crippen molar-refractivity contribution in [3.8, 4) is 6.07 Å². The van der Waals surface area contributed by atoms with E-state index < -0.39 is 0 Å². The van der Waals surface area contributed by atoms with Crippen LogP contribution >= 0.6 is 0 Å². The van der Waals surface area contributed by atoms with Crippen LogP contribution in [-0.4, -0.2) is 42.4 Å². The van der Waals surface area contributed by atoms with Gasteiger partial charge in [0.2, 0.25) is 11.8 Å². The van der Waals surface area contributed by atoms with Gasteiger partial charge >= 0.3 is 0 Å². The van der Waals surface area contributed by atoms with Crippen LogP contribution in [0.4, 0.5) is 0 Å². The minimum Gasteiger partial charge on any atom is -0.349 e. The van der Waals surface area contributed by atoms with Gasteiger partial charge < -0.3 is 15.5 Å². The number of carbonyl (C=O) groups is 2. The van der Waals surface area contributed by atoms with Crippen LogP contribution in [0.3, 0.4) is 0 Å². The summed E-state index contributed by atoms with van der Waals surface area (Å²) in [6.45, 7) is 3.29. The molecule has 2 amide bonds. The first-order valence-electron chi connectivity index (χ1n) is 8.89. The number of nitrogens with one attached hydrogen (secondary N) is 2. The number of likely N-dealkylation sites (tertiary alicyclic amines) is 1. The van der Waals surface area contributed by atoms with Crippen molar-refractivity contribution in [1.82, 2.24) is 15.5 Å². The molecule has 1 aromatic rings. The Bertz CT molecular complexity index is 612. The van der Waals surface area contributed by atoms with Crippen LogP contribution in [0.2, 0.25) is 0 Å². The molecule has 25 heavy (non-hydrogen) atoms. The first kappa shape index (κ1) is 18.9. The molecule has 0 spiro atoms. The highest BCUT2D eigenvalue weighted by Crippen LogP contribution is 2.16. The van der Waals surface area contributed by atoms with Crippen LogP contribution in [-0.2, 0) is 9.59 Å². The number of nitriles is 1. The summed E-state index contributed by atoms with van der Waals surface area (Å²) in [4.78, 5) is 25.8. The molecule has 2 N–H and O–H groups in total. The van der Waals surface area contributed by atoms with E-state index in [2.05, 4.69) is 16.7 Å². The van der Waals surface area contributed by atoms with Crippen molar-refractivity contribution in [3.63, 3.8) is 0 Å². The molecule has 2 atom stereocenters. The van der Waals surface area contributed by atoms with Gasteiger partial charge in [-0.1, -0.05) is 37.3 Å². The van der Waals surface area contributed by atoms with Crippen LogP contribution in [0, 0.1) is 11.3 Å². The van der Waals surface area contributed by atoms with Crippen molar-refractivity contribution in [3.05, 3.63) is 35.9 Å². The molecule has 0 bridgehead atoms. The first-order valence-corrected chi connectivity index (χ1v) is 8.89. The van der Waals surface area contributed by atoms with E-state index in [1.54, 1.807) is 4.90 Å². The van der Waals surface area contributed by atoms with E-state index in [9.17, 15) is 9.59 Å². The summed E-state index contributed by atoms with van der Waals surface area (Å²) in [5.41, 5.74) is 1.10. The highest BCUT2D eigenvalue weighted by Gasteiger charge is 2.27. The maximum atomic E-state index is 12.1. The minimum atomic E-state index is -0.297. The van der Waals surface area contributed by atoms with Gasteiger partial charge in [-0.3, -0.25) is 9.59 Å². The molecule has 1 unspecified atom stereocenters. The van der Waals surface area contributed by atoms with Gasteiger partial charge in [0.15, 0.2) is 0 Å². The van der Waals surface area contributed by atoms with Crippen LogP contribution < -0.4 is 10.6 Å². The SMILES string of the molecule is CCC(NC(=O)CCNCC(=O)N1CCC[C@H]1C#N)c1ccccc1. The molecule has 1 saturated heterocycles. The summed E-state index contributed by atoms with van der Waals surface area (Å²) >= 11 is 0. The van der Waals surface area contributed by atoms with Crippen molar-refractivity contribution in [2.24, 2.45) is 0 Å². The normalized spacial score (nSPS) is 17.8. The third-order valence-electron chi connectivity index (χ3n) is 4.47. The van der Waals surface area contributed by atoms with E-state index in [1.165, 1.54) is 0 Å². The monoisotopic (exact) mass is 342 g/mol. The van der Waals surface area contributed by atoms with Crippen LogP contribution in [0.1, 0.15) is 44.2 Å². The highest BCUT2D eigenvalue weighted by molar-refractivity contribution is 5.79. The van der Waals surface area contributed by atoms with Gasteiger partial charge in [0.05, 0.1) is 18.7 Å². The van der Waals surface area contributed by atoms with E-state index in [-0.39, 0.29) is 30.4 Å². The standard InChI is InChI=1S/C19H26N4O2/c1-2-17(15-7-4-3-5-8-15)22-18(24)10-11-21-14-19(25)23-12-6-9-16(23)13-20/h3-5,7-8,16-17,21H,2,6,9-12,14H2,1H3,(H,22,24)/t16-,17?/m0/s1. The number of carbonyl (C=O) groups excluding carboxylic acids is 2. The van der Waals surface area contributed by atoms with E-state index in [1.807, 2.05) is 37.3 Å². The molecule has 0 radical (unpaired) electrons. The molecule has 1 aliphatic heterocycles. The largest absolute Gasteiger partial charge is 0.349 e. The lowest BCUT2D eigenvalue weighted by Gasteiger charge is -2.20. The number of hydrogen-bond acceptors (Lipinski definition) is 4. The Labute approximate surface area is 149 Å². The molecule has 0 aromatic heterocycles. The van der Waals surface area contributed by atoms with Gasteiger partial charge in [-0.15, -0.1) is 0 Å². The molecule has 6 nitrogen and oxygen atoms in total. The molecule has 0 saturated carbocycles. The van der Waals surface area contributed by atoms with E-state index in [0.29, 0.717) is 19.5 Å². The van der Waals surface area contributed by atoms with Gasteiger partial charge in [-0.05, 0) is 24.8 Å². The topological polar surface area (TPSA) is 85.2 Å². The van der Waals surface area contributed by atoms with Gasteiger partial charge in [-0.2, -0.15) is 5.26 Å². The van der Waals surface area contributed by atoms with Crippen LogP contribution in [0.25, 0.3) is 0 Å². The lowest BCUT2D eigenvalue weighted by molar-refractivity contribution is -0.130. The Morgan fingerprint density at radius 2 is 2.12 bits per heavy atom. The predicted octanol–water partition coefficient (Wildman–Crippen LogP) is 1.75.